The number of hydrogen-bond acceptors (Lipinski definition) is 8. The van der Waals surface area contributed by atoms with Gasteiger partial charge in [0.15, 0.2) is 5.13 Å². The van der Waals surface area contributed by atoms with E-state index in [0.717, 1.165) is 67.3 Å². The molecule has 0 aliphatic carbocycles. The van der Waals surface area contributed by atoms with E-state index < -0.39 is 0 Å². The molecule has 2 aliphatic heterocycles. The van der Waals surface area contributed by atoms with Gasteiger partial charge in [0.2, 0.25) is 5.91 Å². The predicted molar refractivity (Wildman–Crippen MR) is 142 cm³/mol. The number of carbonyl (C=O) groups is 2. The van der Waals surface area contributed by atoms with Crippen molar-refractivity contribution in [3.8, 4) is 0 Å². The first-order chi connectivity index (χ1) is 17.4. The molecule has 0 radical (unpaired) electrons. The van der Waals surface area contributed by atoms with Crippen LogP contribution in [0.3, 0.4) is 0 Å². The lowest BCUT2D eigenvalue weighted by atomic mass is 9.94. The molecule has 0 saturated carbocycles. The van der Waals surface area contributed by atoms with Crippen LogP contribution in [0.2, 0.25) is 5.02 Å². The van der Waals surface area contributed by atoms with Crippen molar-refractivity contribution in [2.24, 2.45) is 5.92 Å². The zero-order valence-electron chi connectivity index (χ0n) is 20.3. The Morgan fingerprint density at radius 3 is 2.64 bits per heavy atom. The van der Waals surface area contributed by atoms with Crippen molar-refractivity contribution in [2.45, 2.75) is 25.3 Å². The number of likely N-dealkylation sites (tertiary alicyclic amines) is 1. The molecular formula is C25H29ClN6O3S. The first-order valence-electron chi connectivity index (χ1n) is 12.1. The van der Waals surface area contributed by atoms with Crippen LogP contribution in [0, 0.1) is 5.92 Å². The highest BCUT2D eigenvalue weighted by Crippen LogP contribution is 2.31. The third kappa shape index (κ3) is 5.55. The van der Waals surface area contributed by atoms with Crippen molar-refractivity contribution >= 4 is 61.9 Å². The van der Waals surface area contributed by atoms with Crippen LogP contribution in [0.5, 0.6) is 0 Å². The van der Waals surface area contributed by atoms with E-state index in [1.165, 1.54) is 18.4 Å². The Morgan fingerprint density at radius 1 is 1.17 bits per heavy atom. The van der Waals surface area contributed by atoms with E-state index >= 15 is 0 Å². The summed E-state index contributed by atoms with van der Waals surface area (Å²) >= 11 is 7.38. The summed E-state index contributed by atoms with van der Waals surface area (Å²) in [6, 6.07) is 11.3. The van der Waals surface area contributed by atoms with Gasteiger partial charge in [0.25, 0.3) is 0 Å². The molecule has 2 fully saturated rings. The van der Waals surface area contributed by atoms with E-state index in [0.29, 0.717) is 16.1 Å². The van der Waals surface area contributed by atoms with Gasteiger partial charge >= 0.3 is 6.09 Å². The number of methoxy groups -OCH3 is 1. The third-order valence-corrected chi connectivity index (χ3v) is 8.05. The van der Waals surface area contributed by atoms with E-state index in [-0.39, 0.29) is 18.0 Å². The maximum atomic E-state index is 12.8. The first-order valence-corrected chi connectivity index (χ1v) is 13.3. The van der Waals surface area contributed by atoms with Crippen molar-refractivity contribution in [2.75, 3.05) is 50.6 Å². The number of piperidine rings is 1. The van der Waals surface area contributed by atoms with Crippen molar-refractivity contribution < 1.29 is 14.3 Å². The molecule has 2 aliphatic rings. The number of ether oxygens (including phenoxy) is 1. The number of amides is 2. The van der Waals surface area contributed by atoms with Gasteiger partial charge in [-0.05, 0) is 68.1 Å². The van der Waals surface area contributed by atoms with Gasteiger partial charge in [-0.15, -0.1) is 0 Å². The lowest BCUT2D eigenvalue weighted by Gasteiger charge is -2.31. The van der Waals surface area contributed by atoms with E-state index in [4.69, 9.17) is 21.3 Å². The zero-order chi connectivity index (χ0) is 25.2. The van der Waals surface area contributed by atoms with Crippen LogP contribution in [0.15, 0.2) is 36.4 Å². The molecule has 190 valence electrons. The summed E-state index contributed by atoms with van der Waals surface area (Å²) in [5.74, 6) is 1.34. The molecule has 0 spiro atoms. The number of nitrogens with zero attached hydrogens (tertiary/aromatic N) is 5. The van der Waals surface area contributed by atoms with Crippen LogP contribution < -0.4 is 10.2 Å². The minimum Gasteiger partial charge on any atom is -0.453 e. The van der Waals surface area contributed by atoms with E-state index in [2.05, 4.69) is 15.2 Å². The number of nitrogens with one attached hydrogen (secondary N) is 1. The standard InChI is InChI=1S/C25H29ClN6O3S/c1-30(18-5-3-17(26)4-6-18)21-8-7-19-23(28-21)36-24(27-19)29-22(33)20-15-32(20)14-11-16-9-12-31(13-10-16)25(34)35-2/h3-8,16,20H,9-15H2,1-2H3,(H,27,29,33). The molecule has 2 atom stereocenters. The monoisotopic (exact) mass is 528 g/mol. The van der Waals surface area contributed by atoms with Crippen molar-refractivity contribution in [1.82, 2.24) is 19.8 Å². The quantitative estimate of drug-likeness (QED) is 0.448. The van der Waals surface area contributed by atoms with E-state index in [1.807, 2.05) is 48.3 Å². The minimum atomic E-state index is -0.244. The van der Waals surface area contributed by atoms with Gasteiger partial charge in [-0.3, -0.25) is 9.69 Å². The molecule has 4 heterocycles. The summed E-state index contributed by atoms with van der Waals surface area (Å²) in [7, 11) is 3.37. The highest BCUT2D eigenvalue weighted by Gasteiger charge is 2.40. The topological polar surface area (TPSA) is 90.7 Å². The molecule has 3 aromatic rings. The predicted octanol–water partition coefficient (Wildman–Crippen LogP) is 4.60. The largest absolute Gasteiger partial charge is 0.453 e. The van der Waals surface area contributed by atoms with Gasteiger partial charge in [0, 0.05) is 37.4 Å². The molecule has 2 amide bonds. The Bertz CT molecular complexity index is 1240. The number of anilines is 3. The number of benzene rings is 1. The van der Waals surface area contributed by atoms with Crippen LogP contribution >= 0.6 is 22.9 Å². The van der Waals surface area contributed by atoms with Gasteiger partial charge in [-0.2, -0.15) is 0 Å². The highest BCUT2D eigenvalue weighted by molar-refractivity contribution is 7.22. The number of hydrogen-bond donors (Lipinski definition) is 1. The first kappa shape index (κ1) is 24.7. The van der Waals surface area contributed by atoms with Gasteiger partial charge in [0.1, 0.15) is 22.2 Å². The molecule has 36 heavy (non-hydrogen) atoms. The number of pyridine rings is 1. The summed E-state index contributed by atoms with van der Waals surface area (Å²) in [5.41, 5.74) is 1.74. The Morgan fingerprint density at radius 2 is 1.92 bits per heavy atom. The second kappa shape index (κ2) is 10.6. The van der Waals surface area contributed by atoms with Crippen LogP contribution in [-0.2, 0) is 9.53 Å². The molecule has 2 aromatic heterocycles. The van der Waals surface area contributed by atoms with Gasteiger partial charge < -0.3 is 19.9 Å². The van der Waals surface area contributed by atoms with Gasteiger partial charge in [-0.1, -0.05) is 22.9 Å². The maximum Gasteiger partial charge on any atom is 0.409 e. The fourth-order valence-corrected chi connectivity index (χ4v) is 5.55. The molecule has 5 rings (SSSR count). The molecule has 2 saturated heterocycles. The number of fused-ring (bicyclic) bond motifs is 1. The normalized spacial score (nSPS) is 19.8. The summed E-state index contributed by atoms with van der Waals surface area (Å²) in [4.78, 5) is 40.4. The average Bonchev–Trinajstić information content (AvgIpc) is 3.57. The SMILES string of the molecule is COC(=O)N1CCC(CCN2CC2C(=O)Nc2nc3ccc(N(C)c4ccc(Cl)cc4)nc3s2)CC1. The summed E-state index contributed by atoms with van der Waals surface area (Å²) in [6.07, 6.45) is 2.75. The molecule has 2 unspecified atom stereocenters. The number of carbonyl (C=O) groups excluding carboxylic acids is 2. The lowest BCUT2D eigenvalue weighted by molar-refractivity contribution is -0.116. The number of halogens is 1. The Balaban J connectivity index is 1.12. The number of thiazole rings is 1. The van der Waals surface area contributed by atoms with Crippen LogP contribution in [0.4, 0.5) is 21.4 Å². The van der Waals surface area contributed by atoms with Gasteiger partial charge in [0.05, 0.1) is 7.11 Å². The number of rotatable bonds is 7. The molecular weight excluding hydrogens is 500 g/mol. The molecule has 9 nitrogen and oxygen atoms in total. The van der Waals surface area contributed by atoms with Crippen molar-refractivity contribution in [3.05, 3.63) is 41.4 Å². The smallest absolute Gasteiger partial charge is 0.409 e. The van der Waals surface area contributed by atoms with E-state index in [9.17, 15) is 9.59 Å². The molecule has 0 bridgehead atoms. The highest BCUT2D eigenvalue weighted by atomic mass is 35.5. The summed E-state index contributed by atoms with van der Waals surface area (Å²) in [6.45, 7) is 3.14. The van der Waals surface area contributed by atoms with Crippen LogP contribution in [0.25, 0.3) is 10.3 Å². The average molecular weight is 529 g/mol. The lowest BCUT2D eigenvalue weighted by Crippen LogP contribution is -2.38. The third-order valence-electron chi connectivity index (χ3n) is 6.92. The molecule has 1 aromatic carbocycles. The van der Waals surface area contributed by atoms with Crippen LogP contribution in [-0.4, -0.2) is 78.1 Å². The van der Waals surface area contributed by atoms with Crippen LogP contribution in [0.1, 0.15) is 19.3 Å². The number of aromatic nitrogens is 2. The zero-order valence-corrected chi connectivity index (χ0v) is 21.9. The summed E-state index contributed by atoms with van der Waals surface area (Å²) < 4.78 is 4.80. The van der Waals surface area contributed by atoms with Gasteiger partial charge in [-0.25, -0.2) is 14.8 Å². The molecule has 11 heteroatoms. The minimum absolute atomic E-state index is 0.0203. The van der Waals surface area contributed by atoms with E-state index in [1.54, 1.807) is 4.90 Å². The molecule has 1 N–H and O–H groups in total. The second-order valence-corrected chi connectivity index (χ2v) is 10.7. The van der Waals surface area contributed by atoms with Crippen molar-refractivity contribution in [1.29, 1.82) is 0 Å². The Labute approximate surface area is 219 Å². The van der Waals surface area contributed by atoms with Crippen molar-refractivity contribution in [3.63, 3.8) is 0 Å². The Kier molecular flexibility index (Phi) is 7.27. The fraction of sp³-hybridized carbons (Fsp3) is 0.440. The Hall–Kier alpha value is -2.95. The summed E-state index contributed by atoms with van der Waals surface area (Å²) in [5, 5.41) is 4.23. The second-order valence-electron chi connectivity index (χ2n) is 9.24. The maximum absolute atomic E-state index is 12.8. The fourth-order valence-electron chi connectivity index (χ4n) is 4.59.